The summed E-state index contributed by atoms with van der Waals surface area (Å²) < 4.78 is 9.65. The highest BCUT2D eigenvalue weighted by Gasteiger charge is 2.21. The van der Waals surface area contributed by atoms with Crippen molar-refractivity contribution in [3.05, 3.63) is 28.3 Å². The molecule has 0 heterocycles. The van der Waals surface area contributed by atoms with Crippen LogP contribution in [0.15, 0.2) is 12.1 Å². The predicted molar refractivity (Wildman–Crippen MR) is 63.7 cm³/mol. The first-order chi connectivity index (χ1) is 8.01. The fourth-order valence-electron chi connectivity index (χ4n) is 1.31. The Balaban J connectivity index is 3.16. The van der Waals surface area contributed by atoms with Crippen molar-refractivity contribution in [3.8, 4) is 5.75 Å². The van der Waals surface area contributed by atoms with Gasteiger partial charge in [-0.3, -0.25) is 4.79 Å². The van der Waals surface area contributed by atoms with Crippen molar-refractivity contribution in [1.29, 1.82) is 0 Å². The number of benzene rings is 1. The molecule has 1 aromatic carbocycles. The van der Waals surface area contributed by atoms with E-state index in [1.54, 1.807) is 19.9 Å². The van der Waals surface area contributed by atoms with Gasteiger partial charge in [-0.2, -0.15) is 0 Å². The molecule has 0 unspecified atom stereocenters. The molecule has 0 spiro atoms. The summed E-state index contributed by atoms with van der Waals surface area (Å²) in [7, 11) is 1.46. The van der Waals surface area contributed by atoms with E-state index >= 15 is 0 Å². The van der Waals surface area contributed by atoms with Crippen LogP contribution < -0.4 is 4.74 Å². The van der Waals surface area contributed by atoms with Crippen molar-refractivity contribution in [2.75, 3.05) is 13.7 Å². The molecule has 0 fully saturated rings. The van der Waals surface area contributed by atoms with Crippen molar-refractivity contribution in [1.82, 2.24) is 0 Å². The van der Waals surface area contributed by atoms with Crippen molar-refractivity contribution >= 4 is 23.4 Å². The lowest BCUT2D eigenvalue weighted by molar-refractivity contribution is -0.137. The highest BCUT2D eigenvalue weighted by atomic mass is 35.5. The maximum atomic E-state index is 11.8. The standard InChI is InChI=1S/C12H13ClO4/c1-4-17-12(15)11(14)9-5-8(16-3)6-10(13)7(9)2/h5-6H,4H2,1-3H3. The minimum atomic E-state index is -0.889. The monoisotopic (exact) mass is 256 g/mol. The maximum absolute atomic E-state index is 11.8. The number of methoxy groups -OCH3 is 1. The summed E-state index contributed by atoms with van der Waals surface area (Å²) in [4.78, 5) is 23.1. The van der Waals surface area contributed by atoms with E-state index in [0.717, 1.165) is 0 Å². The van der Waals surface area contributed by atoms with Gasteiger partial charge < -0.3 is 9.47 Å². The Hall–Kier alpha value is -1.55. The number of ether oxygens (including phenoxy) is 2. The quantitative estimate of drug-likeness (QED) is 0.472. The molecule has 0 saturated carbocycles. The number of Topliss-reactive ketones (excluding diaryl/α,β-unsaturated/α-hetero) is 1. The highest BCUT2D eigenvalue weighted by Crippen LogP contribution is 2.26. The molecule has 0 amide bonds. The Labute approximate surface area is 104 Å². The lowest BCUT2D eigenvalue weighted by Gasteiger charge is -2.09. The zero-order chi connectivity index (χ0) is 13.0. The fourth-order valence-corrected chi connectivity index (χ4v) is 1.52. The maximum Gasteiger partial charge on any atom is 0.379 e. The third-order valence-electron chi connectivity index (χ3n) is 2.26. The van der Waals surface area contributed by atoms with Crippen molar-refractivity contribution < 1.29 is 19.1 Å². The van der Waals surface area contributed by atoms with Gasteiger partial charge in [0.25, 0.3) is 5.78 Å². The largest absolute Gasteiger partial charge is 0.497 e. The van der Waals surface area contributed by atoms with Crippen LogP contribution in [-0.4, -0.2) is 25.5 Å². The molecule has 0 aliphatic carbocycles. The molecule has 0 bridgehead atoms. The number of hydrogen-bond donors (Lipinski definition) is 0. The van der Waals surface area contributed by atoms with Gasteiger partial charge in [0.1, 0.15) is 5.75 Å². The molecule has 17 heavy (non-hydrogen) atoms. The third kappa shape index (κ3) is 2.97. The number of ketones is 1. The van der Waals surface area contributed by atoms with Crippen LogP contribution in [0.25, 0.3) is 0 Å². The van der Waals surface area contributed by atoms with Crippen LogP contribution in [0.4, 0.5) is 0 Å². The molecule has 0 aliphatic rings. The van der Waals surface area contributed by atoms with Gasteiger partial charge in [0.15, 0.2) is 0 Å². The number of hydrogen-bond acceptors (Lipinski definition) is 4. The summed E-state index contributed by atoms with van der Waals surface area (Å²) in [5, 5.41) is 0.372. The van der Waals surface area contributed by atoms with Gasteiger partial charge >= 0.3 is 5.97 Å². The van der Waals surface area contributed by atoms with Crippen molar-refractivity contribution in [3.63, 3.8) is 0 Å². The van der Waals surface area contributed by atoms with Crippen LogP contribution in [0, 0.1) is 6.92 Å². The van der Waals surface area contributed by atoms with E-state index in [4.69, 9.17) is 16.3 Å². The van der Waals surface area contributed by atoms with Crippen LogP contribution >= 0.6 is 11.6 Å². The lowest BCUT2D eigenvalue weighted by Crippen LogP contribution is -2.18. The van der Waals surface area contributed by atoms with E-state index in [1.165, 1.54) is 13.2 Å². The SMILES string of the molecule is CCOC(=O)C(=O)c1cc(OC)cc(Cl)c1C. The number of carbonyl (C=O) groups is 2. The molecule has 92 valence electrons. The highest BCUT2D eigenvalue weighted by molar-refractivity contribution is 6.42. The van der Waals surface area contributed by atoms with Gasteiger partial charge in [-0.15, -0.1) is 0 Å². The van der Waals surface area contributed by atoms with Gasteiger partial charge in [-0.25, -0.2) is 4.79 Å². The topological polar surface area (TPSA) is 52.6 Å². The Morgan fingerprint density at radius 1 is 1.35 bits per heavy atom. The van der Waals surface area contributed by atoms with E-state index in [0.29, 0.717) is 16.3 Å². The number of halogens is 1. The second-order valence-corrected chi connectivity index (χ2v) is 3.74. The smallest absolute Gasteiger partial charge is 0.379 e. The average molecular weight is 257 g/mol. The molecule has 0 atom stereocenters. The van der Waals surface area contributed by atoms with Crippen LogP contribution in [0.3, 0.4) is 0 Å². The van der Waals surface area contributed by atoms with Gasteiger partial charge in [0.2, 0.25) is 0 Å². The Morgan fingerprint density at radius 2 is 2.00 bits per heavy atom. The van der Waals surface area contributed by atoms with Crippen LogP contribution in [0.1, 0.15) is 22.8 Å². The molecule has 0 N–H and O–H groups in total. The molecular formula is C12H13ClO4. The summed E-state index contributed by atoms with van der Waals surface area (Å²) in [6.07, 6.45) is 0. The first-order valence-corrected chi connectivity index (χ1v) is 5.44. The normalized spacial score (nSPS) is 9.88. The summed E-state index contributed by atoms with van der Waals surface area (Å²) >= 11 is 5.94. The number of rotatable bonds is 4. The van der Waals surface area contributed by atoms with Gasteiger partial charge in [-0.05, 0) is 31.5 Å². The molecule has 0 radical (unpaired) electrons. The molecule has 0 saturated heterocycles. The van der Waals surface area contributed by atoms with Crippen LogP contribution in [0.2, 0.25) is 5.02 Å². The molecule has 5 heteroatoms. The van der Waals surface area contributed by atoms with E-state index in [2.05, 4.69) is 4.74 Å². The van der Waals surface area contributed by atoms with Gasteiger partial charge in [0, 0.05) is 10.6 Å². The summed E-state index contributed by atoms with van der Waals surface area (Å²) in [6, 6.07) is 3.05. The fraction of sp³-hybridized carbons (Fsp3) is 0.333. The molecule has 1 aromatic rings. The minimum Gasteiger partial charge on any atom is -0.497 e. The minimum absolute atomic E-state index is 0.154. The second-order valence-electron chi connectivity index (χ2n) is 3.33. The molecule has 4 nitrogen and oxygen atoms in total. The Kier molecular flexibility index (Phi) is 4.52. The Bertz CT molecular complexity index is 454. The summed E-state index contributed by atoms with van der Waals surface area (Å²) in [5.41, 5.74) is 0.735. The van der Waals surface area contributed by atoms with E-state index < -0.39 is 11.8 Å². The van der Waals surface area contributed by atoms with Crippen LogP contribution in [0.5, 0.6) is 5.75 Å². The molecule has 0 aliphatic heterocycles. The third-order valence-corrected chi connectivity index (χ3v) is 2.65. The first-order valence-electron chi connectivity index (χ1n) is 5.06. The number of esters is 1. The van der Waals surface area contributed by atoms with Gasteiger partial charge in [0.05, 0.1) is 13.7 Å². The molecule has 0 aromatic heterocycles. The first kappa shape index (κ1) is 13.5. The predicted octanol–water partition coefficient (Wildman–Crippen LogP) is 2.40. The summed E-state index contributed by atoms with van der Waals surface area (Å²) in [6.45, 7) is 3.45. The zero-order valence-electron chi connectivity index (χ0n) is 9.87. The molecular weight excluding hydrogens is 244 g/mol. The lowest BCUT2D eigenvalue weighted by atomic mass is 10.0. The second kappa shape index (κ2) is 5.68. The van der Waals surface area contributed by atoms with Crippen molar-refractivity contribution in [2.45, 2.75) is 13.8 Å². The van der Waals surface area contributed by atoms with Crippen LogP contribution in [-0.2, 0) is 9.53 Å². The average Bonchev–Trinajstić information content (AvgIpc) is 2.31. The Morgan fingerprint density at radius 3 is 2.53 bits per heavy atom. The molecule has 1 rings (SSSR count). The van der Waals surface area contributed by atoms with Gasteiger partial charge in [-0.1, -0.05) is 11.6 Å². The summed E-state index contributed by atoms with van der Waals surface area (Å²) in [5.74, 6) is -1.18. The van der Waals surface area contributed by atoms with E-state index in [9.17, 15) is 9.59 Å². The van der Waals surface area contributed by atoms with Crippen molar-refractivity contribution in [2.24, 2.45) is 0 Å². The van der Waals surface area contributed by atoms with E-state index in [1.807, 2.05) is 0 Å². The number of carbonyl (C=O) groups excluding carboxylic acids is 2. The zero-order valence-corrected chi connectivity index (χ0v) is 10.6. The van der Waals surface area contributed by atoms with E-state index in [-0.39, 0.29) is 12.2 Å².